The van der Waals surface area contributed by atoms with E-state index in [0.717, 1.165) is 19.4 Å². The third-order valence-electron chi connectivity index (χ3n) is 3.68. The highest BCUT2D eigenvalue weighted by Crippen LogP contribution is 2.35. The zero-order valence-electron chi connectivity index (χ0n) is 10.7. The molecule has 15 heavy (non-hydrogen) atoms. The van der Waals surface area contributed by atoms with E-state index in [0.29, 0.717) is 12.5 Å². The first-order valence-electron chi connectivity index (χ1n) is 5.83. The number of likely N-dealkylation sites (tertiary alicyclic amines) is 1. The maximum Gasteiger partial charge on any atom is 0.237 e. The highest BCUT2D eigenvalue weighted by atomic mass is 16.2. The quantitative estimate of drug-likeness (QED) is 0.709. The zero-order valence-corrected chi connectivity index (χ0v) is 10.7. The topological polar surface area (TPSA) is 23.6 Å². The van der Waals surface area contributed by atoms with Gasteiger partial charge in [-0.2, -0.15) is 0 Å². The Labute approximate surface area is 93.4 Å². The van der Waals surface area contributed by atoms with E-state index in [9.17, 15) is 4.79 Å². The molecule has 1 rings (SSSR count). The van der Waals surface area contributed by atoms with Crippen LogP contribution in [0.4, 0.5) is 0 Å². The molecule has 0 aliphatic carbocycles. The summed E-state index contributed by atoms with van der Waals surface area (Å²) in [4.78, 5) is 16.1. The summed E-state index contributed by atoms with van der Waals surface area (Å²) in [5.41, 5.74) is 0.0765. The molecule has 0 saturated carbocycles. The van der Waals surface area contributed by atoms with Crippen molar-refractivity contribution in [1.82, 2.24) is 9.80 Å². The summed E-state index contributed by atoms with van der Waals surface area (Å²) in [6, 6.07) is 0. The van der Waals surface area contributed by atoms with E-state index in [1.54, 1.807) is 0 Å². The van der Waals surface area contributed by atoms with Crippen molar-refractivity contribution in [2.75, 3.05) is 27.2 Å². The van der Waals surface area contributed by atoms with E-state index in [-0.39, 0.29) is 11.4 Å². The summed E-state index contributed by atoms with van der Waals surface area (Å²) in [6.45, 7) is 8.10. The van der Waals surface area contributed by atoms with Crippen molar-refractivity contribution >= 4 is 5.91 Å². The monoisotopic (exact) mass is 212 g/mol. The third-order valence-corrected chi connectivity index (χ3v) is 3.68. The molecule has 0 aromatic heterocycles. The molecule has 0 N–H and O–H groups in total. The second-order valence-electron chi connectivity index (χ2n) is 5.40. The first-order valence-corrected chi connectivity index (χ1v) is 5.83. The number of carbonyl (C=O) groups is 1. The lowest BCUT2D eigenvalue weighted by Gasteiger charge is -2.39. The number of nitrogens with zero attached hydrogens (tertiary/aromatic N) is 2. The Balaban J connectivity index is 2.72. The van der Waals surface area contributed by atoms with E-state index in [4.69, 9.17) is 0 Å². The van der Waals surface area contributed by atoms with Gasteiger partial charge in [0.2, 0.25) is 5.91 Å². The zero-order chi connectivity index (χ0) is 11.6. The molecule has 0 spiro atoms. The minimum absolute atomic E-state index is 0.0765. The van der Waals surface area contributed by atoms with Gasteiger partial charge in [0, 0.05) is 12.1 Å². The van der Waals surface area contributed by atoms with Crippen LogP contribution in [-0.2, 0) is 4.79 Å². The number of likely N-dealkylation sites (N-methyl/N-ethyl adjacent to an activating group) is 1. The Kier molecular flexibility index (Phi) is 3.77. The third kappa shape index (κ3) is 2.51. The largest absolute Gasteiger partial charge is 0.336 e. The van der Waals surface area contributed by atoms with Gasteiger partial charge in [0.25, 0.3) is 0 Å². The molecule has 1 fully saturated rings. The molecule has 1 saturated heterocycles. The average Bonchev–Trinajstić information content (AvgIpc) is 2.47. The summed E-state index contributed by atoms with van der Waals surface area (Å²) >= 11 is 0. The molecule has 1 unspecified atom stereocenters. The molecule has 1 aliphatic rings. The Morgan fingerprint density at radius 3 is 2.53 bits per heavy atom. The predicted molar refractivity (Wildman–Crippen MR) is 62.7 cm³/mol. The number of rotatable bonds is 3. The fourth-order valence-electron chi connectivity index (χ4n) is 2.35. The Morgan fingerprint density at radius 1 is 1.47 bits per heavy atom. The van der Waals surface area contributed by atoms with Crippen LogP contribution in [-0.4, -0.2) is 48.4 Å². The smallest absolute Gasteiger partial charge is 0.237 e. The van der Waals surface area contributed by atoms with Crippen LogP contribution in [0.3, 0.4) is 0 Å². The summed E-state index contributed by atoms with van der Waals surface area (Å²) in [7, 11) is 3.89. The van der Waals surface area contributed by atoms with Gasteiger partial charge in [-0.3, -0.25) is 4.79 Å². The highest BCUT2D eigenvalue weighted by Gasteiger charge is 2.41. The molecule has 1 atom stereocenters. The van der Waals surface area contributed by atoms with Crippen molar-refractivity contribution in [2.24, 2.45) is 5.92 Å². The maximum atomic E-state index is 12.1. The normalized spacial score (nSPS) is 26.7. The Bertz CT molecular complexity index is 238. The lowest BCUT2D eigenvalue weighted by molar-refractivity contribution is -0.136. The average molecular weight is 212 g/mol. The first kappa shape index (κ1) is 12.5. The molecule has 0 aromatic carbocycles. The van der Waals surface area contributed by atoms with Crippen molar-refractivity contribution in [3.8, 4) is 0 Å². The van der Waals surface area contributed by atoms with Gasteiger partial charge in [0.1, 0.15) is 0 Å². The molecule has 1 amide bonds. The van der Waals surface area contributed by atoms with Crippen molar-refractivity contribution < 1.29 is 4.79 Å². The van der Waals surface area contributed by atoms with Gasteiger partial charge < -0.3 is 9.80 Å². The predicted octanol–water partition coefficient (Wildman–Crippen LogP) is 1.59. The van der Waals surface area contributed by atoms with Gasteiger partial charge in [-0.1, -0.05) is 13.8 Å². The minimum atomic E-state index is 0.0765. The minimum Gasteiger partial charge on any atom is -0.336 e. The van der Waals surface area contributed by atoms with Gasteiger partial charge >= 0.3 is 0 Å². The second-order valence-corrected chi connectivity index (χ2v) is 5.40. The molecular weight excluding hydrogens is 188 g/mol. The molecule has 3 nitrogen and oxygen atoms in total. The summed E-state index contributed by atoms with van der Waals surface area (Å²) in [6.07, 6.45) is 2.29. The summed E-state index contributed by atoms with van der Waals surface area (Å²) < 4.78 is 0. The molecule has 0 bridgehead atoms. The fourth-order valence-corrected chi connectivity index (χ4v) is 2.35. The van der Waals surface area contributed by atoms with Crippen LogP contribution in [0.5, 0.6) is 0 Å². The van der Waals surface area contributed by atoms with Gasteiger partial charge in [-0.15, -0.1) is 0 Å². The van der Waals surface area contributed by atoms with Gasteiger partial charge in [-0.05, 0) is 39.8 Å². The van der Waals surface area contributed by atoms with Crippen LogP contribution < -0.4 is 0 Å². The first-order chi connectivity index (χ1) is 6.88. The molecular formula is C12H24N2O. The van der Waals surface area contributed by atoms with Crippen LogP contribution in [0.15, 0.2) is 0 Å². The lowest BCUT2D eigenvalue weighted by atomic mass is 9.86. The fraction of sp³-hybridized carbons (Fsp3) is 0.917. The number of hydrogen-bond donors (Lipinski definition) is 0. The second kappa shape index (κ2) is 4.52. The maximum absolute atomic E-state index is 12.1. The molecule has 0 aromatic rings. The van der Waals surface area contributed by atoms with Crippen molar-refractivity contribution in [3.05, 3.63) is 0 Å². The number of amides is 1. The van der Waals surface area contributed by atoms with E-state index >= 15 is 0 Å². The van der Waals surface area contributed by atoms with Crippen molar-refractivity contribution in [1.29, 1.82) is 0 Å². The van der Waals surface area contributed by atoms with Gasteiger partial charge in [0.15, 0.2) is 0 Å². The van der Waals surface area contributed by atoms with Crippen LogP contribution in [0.1, 0.15) is 33.6 Å². The van der Waals surface area contributed by atoms with Gasteiger partial charge in [-0.25, -0.2) is 0 Å². The van der Waals surface area contributed by atoms with E-state index < -0.39 is 0 Å². The van der Waals surface area contributed by atoms with Crippen LogP contribution in [0.25, 0.3) is 0 Å². The molecule has 88 valence electrons. The standard InChI is InChI=1S/C12H24N2O/c1-10(2)12(3)7-6-8-14(12)11(15)9-13(4)5/h10H,6-9H2,1-5H3. The molecule has 0 radical (unpaired) electrons. The van der Waals surface area contributed by atoms with E-state index in [2.05, 4.69) is 25.7 Å². The molecule has 1 heterocycles. The number of hydrogen-bond acceptors (Lipinski definition) is 2. The van der Waals surface area contributed by atoms with E-state index in [1.165, 1.54) is 0 Å². The molecule has 1 aliphatic heterocycles. The lowest BCUT2D eigenvalue weighted by Crippen LogP contribution is -2.51. The van der Waals surface area contributed by atoms with Crippen molar-refractivity contribution in [2.45, 2.75) is 39.2 Å². The highest BCUT2D eigenvalue weighted by molar-refractivity contribution is 5.79. The van der Waals surface area contributed by atoms with Crippen molar-refractivity contribution in [3.63, 3.8) is 0 Å². The molecule has 3 heteroatoms. The summed E-state index contributed by atoms with van der Waals surface area (Å²) in [5, 5.41) is 0. The van der Waals surface area contributed by atoms with Crippen LogP contribution >= 0.6 is 0 Å². The SMILES string of the molecule is CC(C)C1(C)CCCN1C(=O)CN(C)C. The summed E-state index contributed by atoms with van der Waals surface area (Å²) in [5.74, 6) is 0.805. The Hall–Kier alpha value is -0.570. The van der Waals surface area contributed by atoms with Gasteiger partial charge in [0.05, 0.1) is 6.54 Å². The van der Waals surface area contributed by atoms with E-state index in [1.807, 2.05) is 19.0 Å². The van der Waals surface area contributed by atoms with Crippen LogP contribution in [0, 0.1) is 5.92 Å². The number of carbonyl (C=O) groups excluding carboxylic acids is 1. The Morgan fingerprint density at radius 2 is 2.07 bits per heavy atom. The van der Waals surface area contributed by atoms with Crippen LogP contribution in [0.2, 0.25) is 0 Å².